The van der Waals surface area contributed by atoms with Crippen molar-refractivity contribution in [2.24, 2.45) is 0 Å². The van der Waals surface area contributed by atoms with E-state index < -0.39 is 0 Å². The predicted molar refractivity (Wildman–Crippen MR) is 87.8 cm³/mol. The van der Waals surface area contributed by atoms with Gasteiger partial charge in [-0.05, 0) is 44.5 Å². The summed E-state index contributed by atoms with van der Waals surface area (Å²) in [6, 6.07) is 8.47. The van der Waals surface area contributed by atoms with Gasteiger partial charge in [0, 0.05) is 49.3 Å². The third kappa shape index (κ3) is 4.24. The van der Waals surface area contributed by atoms with Gasteiger partial charge in [-0.1, -0.05) is 6.07 Å². The van der Waals surface area contributed by atoms with E-state index in [2.05, 4.69) is 37.3 Å². The van der Waals surface area contributed by atoms with Gasteiger partial charge in [-0.15, -0.1) is 0 Å². The molecular weight excluding hydrogens is 274 g/mol. The van der Waals surface area contributed by atoms with Crippen molar-refractivity contribution in [2.75, 3.05) is 25.0 Å². The molecule has 3 heterocycles. The van der Waals surface area contributed by atoms with E-state index in [1.807, 2.05) is 31.5 Å². The summed E-state index contributed by atoms with van der Waals surface area (Å²) in [4.78, 5) is 15.6. The van der Waals surface area contributed by atoms with Crippen LogP contribution in [0.15, 0.2) is 36.7 Å². The monoisotopic (exact) mass is 297 g/mol. The number of rotatable bonds is 5. The lowest BCUT2D eigenvalue weighted by Crippen LogP contribution is -2.43. The number of nitrogens with zero attached hydrogens (tertiary/aromatic N) is 4. The molecule has 0 spiro atoms. The van der Waals surface area contributed by atoms with Crippen molar-refractivity contribution in [3.8, 4) is 0 Å². The van der Waals surface area contributed by atoms with Crippen molar-refractivity contribution in [3.05, 3.63) is 48.0 Å². The number of aromatic nitrogens is 3. The van der Waals surface area contributed by atoms with Gasteiger partial charge in [-0.25, -0.2) is 9.97 Å². The van der Waals surface area contributed by atoms with E-state index in [1.54, 1.807) is 0 Å². The third-order valence-electron chi connectivity index (χ3n) is 4.04. The van der Waals surface area contributed by atoms with Gasteiger partial charge in [0.05, 0.1) is 0 Å². The molecule has 1 unspecified atom stereocenters. The minimum absolute atomic E-state index is 0.430. The van der Waals surface area contributed by atoms with E-state index in [1.165, 1.54) is 25.1 Å². The number of nitrogens with one attached hydrogen (secondary N) is 1. The molecule has 0 bridgehead atoms. The van der Waals surface area contributed by atoms with Gasteiger partial charge in [0.1, 0.15) is 0 Å². The molecule has 0 radical (unpaired) electrons. The second-order valence-electron chi connectivity index (χ2n) is 5.88. The molecule has 3 rings (SSSR count). The Morgan fingerprint density at radius 2 is 2.18 bits per heavy atom. The smallest absolute Gasteiger partial charge is 0.223 e. The minimum atomic E-state index is 0.430. The zero-order valence-electron chi connectivity index (χ0n) is 13.1. The first-order valence-electron chi connectivity index (χ1n) is 7.98. The van der Waals surface area contributed by atoms with E-state index in [0.717, 1.165) is 31.2 Å². The molecule has 5 nitrogen and oxygen atoms in total. The van der Waals surface area contributed by atoms with Gasteiger partial charge >= 0.3 is 0 Å². The molecule has 5 heteroatoms. The fourth-order valence-corrected chi connectivity index (χ4v) is 2.90. The maximum Gasteiger partial charge on any atom is 0.223 e. The summed E-state index contributed by atoms with van der Waals surface area (Å²) in [6.07, 6.45) is 7.08. The van der Waals surface area contributed by atoms with Gasteiger partial charge < -0.3 is 10.2 Å². The standard InChI is InChI=1S/C17H23N5/c1-14-7-10-19-17(20-14)21-16-6-4-11-22(13-16)12-8-15-5-2-3-9-18-15/h2-3,5,7,9-10,16H,4,6,8,11-13H2,1H3,(H,19,20,21). The predicted octanol–water partition coefficient (Wildman–Crippen LogP) is 2.30. The van der Waals surface area contributed by atoms with Gasteiger partial charge in [0.15, 0.2) is 0 Å². The van der Waals surface area contributed by atoms with Crippen LogP contribution >= 0.6 is 0 Å². The van der Waals surface area contributed by atoms with Gasteiger partial charge in [-0.3, -0.25) is 4.98 Å². The second kappa shape index (κ2) is 7.31. The number of hydrogen-bond donors (Lipinski definition) is 1. The lowest BCUT2D eigenvalue weighted by molar-refractivity contribution is 0.218. The van der Waals surface area contributed by atoms with Crippen molar-refractivity contribution in [2.45, 2.75) is 32.2 Å². The van der Waals surface area contributed by atoms with E-state index in [0.29, 0.717) is 6.04 Å². The first kappa shape index (κ1) is 14.9. The highest BCUT2D eigenvalue weighted by molar-refractivity contribution is 5.26. The largest absolute Gasteiger partial charge is 0.350 e. The molecule has 1 N–H and O–H groups in total. The normalized spacial score (nSPS) is 19.0. The summed E-state index contributed by atoms with van der Waals surface area (Å²) in [6.45, 7) is 5.26. The number of anilines is 1. The van der Waals surface area contributed by atoms with Gasteiger partial charge in [0.25, 0.3) is 0 Å². The number of likely N-dealkylation sites (tertiary alicyclic amines) is 1. The number of aryl methyl sites for hydroxylation is 1. The third-order valence-corrected chi connectivity index (χ3v) is 4.04. The molecule has 22 heavy (non-hydrogen) atoms. The first-order valence-corrected chi connectivity index (χ1v) is 7.98. The van der Waals surface area contributed by atoms with Gasteiger partial charge in [-0.2, -0.15) is 0 Å². The summed E-state index contributed by atoms with van der Waals surface area (Å²) < 4.78 is 0. The fourth-order valence-electron chi connectivity index (χ4n) is 2.90. The van der Waals surface area contributed by atoms with Crippen molar-refractivity contribution in [1.82, 2.24) is 19.9 Å². The van der Waals surface area contributed by atoms with Crippen LogP contribution in [0.1, 0.15) is 24.2 Å². The van der Waals surface area contributed by atoms with Crippen LogP contribution in [0.5, 0.6) is 0 Å². The fraction of sp³-hybridized carbons (Fsp3) is 0.471. The average molecular weight is 297 g/mol. The molecule has 0 aromatic carbocycles. The van der Waals surface area contributed by atoms with Crippen LogP contribution in [0, 0.1) is 6.92 Å². The highest BCUT2D eigenvalue weighted by Gasteiger charge is 2.20. The number of piperidine rings is 1. The highest BCUT2D eigenvalue weighted by atomic mass is 15.2. The Morgan fingerprint density at radius 3 is 3.00 bits per heavy atom. The van der Waals surface area contributed by atoms with Crippen LogP contribution in [0.3, 0.4) is 0 Å². The summed E-state index contributed by atoms with van der Waals surface area (Å²) >= 11 is 0. The first-order chi connectivity index (χ1) is 10.8. The Kier molecular flexibility index (Phi) is 4.96. The molecule has 1 aliphatic rings. The Balaban J connectivity index is 1.51. The van der Waals surface area contributed by atoms with E-state index >= 15 is 0 Å². The van der Waals surface area contributed by atoms with Crippen LogP contribution in [-0.4, -0.2) is 45.5 Å². The summed E-state index contributed by atoms with van der Waals surface area (Å²) in [5, 5.41) is 3.47. The Morgan fingerprint density at radius 1 is 1.23 bits per heavy atom. The molecule has 1 saturated heterocycles. The molecule has 1 fully saturated rings. The SMILES string of the molecule is Cc1ccnc(NC2CCCN(CCc3ccccn3)C2)n1. The zero-order chi connectivity index (χ0) is 15.2. The number of hydrogen-bond acceptors (Lipinski definition) is 5. The van der Waals surface area contributed by atoms with Crippen LogP contribution < -0.4 is 5.32 Å². The molecule has 0 amide bonds. The highest BCUT2D eigenvalue weighted by Crippen LogP contribution is 2.14. The molecule has 1 aliphatic heterocycles. The molecule has 2 aromatic heterocycles. The lowest BCUT2D eigenvalue weighted by atomic mass is 10.1. The Labute approximate surface area is 131 Å². The van der Waals surface area contributed by atoms with Crippen molar-refractivity contribution in [1.29, 1.82) is 0 Å². The van der Waals surface area contributed by atoms with Crippen molar-refractivity contribution >= 4 is 5.95 Å². The topological polar surface area (TPSA) is 53.9 Å². The Bertz CT molecular complexity index is 587. The molecule has 2 aromatic rings. The number of pyridine rings is 1. The molecule has 116 valence electrons. The van der Waals surface area contributed by atoms with Crippen molar-refractivity contribution in [3.63, 3.8) is 0 Å². The quantitative estimate of drug-likeness (QED) is 0.918. The average Bonchev–Trinajstić information content (AvgIpc) is 2.54. The minimum Gasteiger partial charge on any atom is -0.350 e. The molecule has 0 saturated carbocycles. The summed E-state index contributed by atoms with van der Waals surface area (Å²) in [7, 11) is 0. The van der Waals surface area contributed by atoms with Gasteiger partial charge in [0.2, 0.25) is 5.95 Å². The van der Waals surface area contributed by atoms with Crippen LogP contribution in [0.4, 0.5) is 5.95 Å². The van der Waals surface area contributed by atoms with Crippen LogP contribution in [-0.2, 0) is 6.42 Å². The zero-order valence-corrected chi connectivity index (χ0v) is 13.1. The second-order valence-corrected chi connectivity index (χ2v) is 5.88. The van der Waals surface area contributed by atoms with E-state index in [4.69, 9.17) is 0 Å². The molecule has 0 aliphatic carbocycles. The Hall–Kier alpha value is -2.01. The molecular formula is C17H23N5. The van der Waals surface area contributed by atoms with E-state index in [-0.39, 0.29) is 0 Å². The summed E-state index contributed by atoms with van der Waals surface area (Å²) in [5.41, 5.74) is 2.17. The van der Waals surface area contributed by atoms with Crippen LogP contribution in [0.25, 0.3) is 0 Å². The lowest BCUT2D eigenvalue weighted by Gasteiger charge is -2.33. The maximum atomic E-state index is 4.44. The maximum absolute atomic E-state index is 4.44. The van der Waals surface area contributed by atoms with Crippen LogP contribution in [0.2, 0.25) is 0 Å². The van der Waals surface area contributed by atoms with E-state index in [9.17, 15) is 0 Å². The molecule has 1 atom stereocenters. The summed E-state index contributed by atoms with van der Waals surface area (Å²) in [5.74, 6) is 0.747. The van der Waals surface area contributed by atoms with Crippen molar-refractivity contribution < 1.29 is 0 Å².